The number of hydrogen-bond acceptors (Lipinski definition) is 2. The molecule has 0 bridgehead atoms. The molecule has 20 heavy (non-hydrogen) atoms. The van der Waals surface area contributed by atoms with E-state index in [-0.39, 0.29) is 0 Å². The summed E-state index contributed by atoms with van der Waals surface area (Å²) in [5.74, 6) is 1.65. The monoisotopic (exact) mass is 268 g/mol. The molecule has 1 saturated carbocycles. The van der Waals surface area contributed by atoms with Gasteiger partial charge in [0.15, 0.2) is 0 Å². The van der Waals surface area contributed by atoms with Gasteiger partial charge in [0.05, 0.1) is 5.52 Å². The lowest BCUT2D eigenvalue weighted by Crippen LogP contribution is -2.31. The maximum atomic E-state index is 4.56. The fraction of sp³-hybridized carbons (Fsp3) is 0.500. The maximum absolute atomic E-state index is 4.56. The van der Waals surface area contributed by atoms with Crippen LogP contribution in [0.5, 0.6) is 0 Å². The van der Waals surface area contributed by atoms with Crippen LogP contribution < -0.4 is 5.32 Å². The van der Waals surface area contributed by atoms with E-state index in [1.54, 1.807) is 0 Å². The van der Waals surface area contributed by atoms with E-state index in [4.69, 9.17) is 0 Å². The smallest absolute Gasteiger partial charge is 0.0705 e. The van der Waals surface area contributed by atoms with Crippen LogP contribution in [0.1, 0.15) is 37.9 Å². The summed E-state index contributed by atoms with van der Waals surface area (Å²) in [4.78, 5) is 4.56. The molecule has 0 saturated heterocycles. The Morgan fingerprint density at radius 1 is 1.15 bits per heavy atom. The standard InChI is InChI=1S/C18H24N2/c1-12-4-8-17(14(12)3)19-11-15-6-9-18-16(10-15)7-5-13(2)20-18/h5-7,9-10,12,14,17,19H,4,8,11H2,1-3H3. The van der Waals surface area contributed by atoms with E-state index >= 15 is 0 Å². The van der Waals surface area contributed by atoms with Crippen molar-refractivity contribution in [3.8, 4) is 0 Å². The highest BCUT2D eigenvalue weighted by molar-refractivity contribution is 5.79. The molecule has 3 unspecified atom stereocenters. The van der Waals surface area contributed by atoms with Crippen molar-refractivity contribution >= 4 is 10.9 Å². The van der Waals surface area contributed by atoms with Gasteiger partial charge in [-0.1, -0.05) is 26.0 Å². The number of aromatic nitrogens is 1. The zero-order valence-electron chi connectivity index (χ0n) is 12.7. The van der Waals surface area contributed by atoms with Crippen LogP contribution in [-0.4, -0.2) is 11.0 Å². The number of pyridine rings is 1. The first-order valence-corrected chi connectivity index (χ1v) is 7.73. The van der Waals surface area contributed by atoms with E-state index in [1.807, 2.05) is 6.92 Å². The highest BCUT2D eigenvalue weighted by atomic mass is 14.9. The molecule has 0 aliphatic heterocycles. The molecule has 0 radical (unpaired) electrons. The summed E-state index contributed by atoms with van der Waals surface area (Å²) in [5, 5.41) is 4.97. The number of hydrogen-bond donors (Lipinski definition) is 1. The highest BCUT2D eigenvalue weighted by Gasteiger charge is 2.28. The molecule has 3 rings (SSSR count). The molecule has 1 fully saturated rings. The first-order valence-electron chi connectivity index (χ1n) is 7.73. The lowest BCUT2D eigenvalue weighted by atomic mass is 9.97. The van der Waals surface area contributed by atoms with Crippen LogP contribution in [0.15, 0.2) is 30.3 Å². The molecule has 3 atom stereocenters. The summed E-state index contributed by atoms with van der Waals surface area (Å²) >= 11 is 0. The molecule has 106 valence electrons. The number of nitrogens with one attached hydrogen (secondary N) is 1. The number of benzene rings is 1. The second kappa shape index (κ2) is 5.53. The fourth-order valence-corrected chi connectivity index (χ4v) is 3.29. The van der Waals surface area contributed by atoms with Crippen molar-refractivity contribution in [2.75, 3.05) is 0 Å². The largest absolute Gasteiger partial charge is 0.310 e. The maximum Gasteiger partial charge on any atom is 0.0705 e. The number of fused-ring (bicyclic) bond motifs is 1. The lowest BCUT2D eigenvalue weighted by molar-refractivity contribution is 0.370. The van der Waals surface area contributed by atoms with Crippen molar-refractivity contribution in [3.05, 3.63) is 41.6 Å². The normalized spacial score (nSPS) is 26.2. The van der Waals surface area contributed by atoms with Crippen LogP contribution in [-0.2, 0) is 6.54 Å². The van der Waals surface area contributed by atoms with Crippen LogP contribution in [0.3, 0.4) is 0 Å². The Balaban J connectivity index is 1.70. The van der Waals surface area contributed by atoms with Crippen LogP contribution >= 0.6 is 0 Å². The van der Waals surface area contributed by atoms with Gasteiger partial charge in [-0.05, 0) is 55.4 Å². The number of nitrogens with zero attached hydrogens (tertiary/aromatic N) is 1. The quantitative estimate of drug-likeness (QED) is 0.907. The topological polar surface area (TPSA) is 24.9 Å². The molecule has 1 aromatic carbocycles. The Bertz CT molecular complexity index is 605. The van der Waals surface area contributed by atoms with Gasteiger partial charge in [0, 0.05) is 23.7 Å². The first-order chi connectivity index (χ1) is 9.63. The van der Waals surface area contributed by atoms with Crippen molar-refractivity contribution in [2.24, 2.45) is 11.8 Å². The highest BCUT2D eigenvalue weighted by Crippen LogP contribution is 2.31. The Kier molecular flexibility index (Phi) is 3.75. The molecule has 1 heterocycles. The summed E-state index contributed by atoms with van der Waals surface area (Å²) in [6.45, 7) is 7.75. The molecule has 1 aliphatic carbocycles. The van der Waals surface area contributed by atoms with Gasteiger partial charge in [-0.3, -0.25) is 4.98 Å². The van der Waals surface area contributed by atoms with E-state index in [0.29, 0.717) is 6.04 Å². The molecule has 1 aliphatic rings. The Morgan fingerprint density at radius 3 is 2.75 bits per heavy atom. The van der Waals surface area contributed by atoms with Crippen molar-refractivity contribution in [2.45, 2.75) is 46.2 Å². The SMILES string of the molecule is Cc1ccc2cc(CNC3CCC(C)C3C)ccc2n1. The van der Waals surface area contributed by atoms with Gasteiger partial charge in [0.2, 0.25) is 0 Å². The Hall–Kier alpha value is -1.41. The van der Waals surface area contributed by atoms with E-state index in [0.717, 1.165) is 29.6 Å². The molecule has 1 aromatic heterocycles. The van der Waals surface area contributed by atoms with Crippen molar-refractivity contribution in [1.29, 1.82) is 0 Å². The van der Waals surface area contributed by atoms with Gasteiger partial charge in [-0.25, -0.2) is 0 Å². The van der Waals surface area contributed by atoms with E-state index < -0.39 is 0 Å². The third-order valence-electron chi connectivity index (χ3n) is 4.93. The van der Waals surface area contributed by atoms with Gasteiger partial charge in [0.1, 0.15) is 0 Å². The van der Waals surface area contributed by atoms with Crippen LogP contribution in [0.2, 0.25) is 0 Å². The molecular formula is C18H24N2. The third-order valence-corrected chi connectivity index (χ3v) is 4.93. The van der Waals surface area contributed by atoms with Crippen LogP contribution in [0, 0.1) is 18.8 Å². The second-order valence-electron chi connectivity index (χ2n) is 6.38. The molecule has 0 amide bonds. The third kappa shape index (κ3) is 2.71. The summed E-state index contributed by atoms with van der Waals surface area (Å²) in [6, 6.07) is 11.5. The Morgan fingerprint density at radius 2 is 2.00 bits per heavy atom. The summed E-state index contributed by atoms with van der Waals surface area (Å²) in [6.07, 6.45) is 2.68. The van der Waals surface area contributed by atoms with Gasteiger partial charge < -0.3 is 5.32 Å². The minimum absolute atomic E-state index is 0.678. The summed E-state index contributed by atoms with van der Waals surface area (Å²) in [7, 11) is 0. The van der Waals surface area contributed by atoms with Crippen molar-refractivity contribution in [1.82, 2.24) is 10.3 Å². The average molecular weight is 268 g/mol. The first kappa shape index (κ1) is 13.6. The van der Waals surface area contributed by atoms with Crippen LogP contribution in [0.25, 0.3) is 10.9 Å². The minimum Gasteiger partial charge on any atom is -0.310 e. The summed E-state index contributed by atoms with van der Waals surface area (Å²) < 4.78 is 0. The molecule has 2 nitrogen and oxygen atoms in total. The predicted molar refractivity (Wildman–Crippen MR) is 84.7 cm³/mol. The zero-order valence-corrected chi connectivity index (χ0v) is 12.7. The van der Waals surface area contributed by atoms with Crippen molar-refractivity contribution in [3.63, 3.8) is 0 Å². The predicted octanol–water partition coefficient (Wildman–Crippen LogP) is 4.07. The minimum atomic E-state index is 0.678. The van der Waals surface area contributed by atoms with E-state index in [9.17, 15) is 0 Å². The van der Waals surface area contributed by atoms with Crippen molar-refractivity contribution < 1.29 is 0 Å². The van der Waals surface area contributed by atoms with Gasteiger partial charge >= 0.3 is 0 Å². The molecule has 1 N–H and O–H groups in total. The van der Waals surface area contributed by atoms with Gasteiger partial charge in [0.25, 0.3) is 0 Å². The van der Waals surface area contributed by atoms with Gasteiger partial charge in [-0.15, -0.1) is 0 Å². The fourth-order valence-electron chi connectivity index (χ4n) is 3.29. The zero-order chi connectivity index (χ0) is 14.1. The van der Waals surface area contributed by atoms with Gasteiger partial charge in [-0.2, -0.15) is 0 Å². The lowest BCUT2D eigenvalue weighted by Gasteiger charge is -2.19. The van der Waals surface area contributed by atoms with E-state index in [2.05, 4.69) is 54.5 Å². The number of aryl methyl sites for hydroxylation is 1. The molecule has 0 spiro atoms. The number of rotatable bonds is 3. The molecule has 2 heteroatoms. The average Bonchev–Trinajstić information content (AvgIpc) is 2.76. The second-order valence-corrected chi connectivity index (χ2v) is 6.38. The summed E-state index contributed by atoms with van der Waals surface area (Å²) in [5.41, 5.74) is 3.53. The van der Waals surface area contributed by atoms with E-state index in [1.165, 1.54) is 23.8 Å². The molecular weight excluding hydrogens is 244 g/mol. The Labute approximate surface area is 121 Å². The molecule has 2 aromatic rings. The van der Waals surface area contributed by atoms with Crippen LogP contribution in [0.4, 0.5) is 0 Å².